The Hall–Kier alpha value is -6.39. The second-order valence-electron chi connectivity index (χ2n) is 17.8. The molecule has 0 saturated heterocycles. The van der Waals surface area contributed by atoms with E-state index in [0.29, 0.717) is 71.8 Å². The van der Waals surface area contributed by atoms with Crippen molar-refractivity contribution in [2.24, 2.45) is 22.9 Å². The number of hydrogen-bond donors (Lipinski definition) is 2. The molecule has 70 heavy (non-hydrogen) atoms. The molecule has 2 aliphatic heterocycles. The fraction of sp³-hybridized carbons (Fsp3) is 0.436. The highest BCUT2D eigenvalue weighted by Gasteiger charge is 2.65. The number of aliphatic hydroxyl groups excluding tert-OH is 2. The van der Waals surface area contributed by atoms with Gasteiger partial charge in [-0.05, 0) is 110 Å². The van der Waals surface area contributed by atoms with Crippen LogP contribution in [0.1, 0.15) is 84.8 Å². The van der Waals surface area contributed by atoms with Crippen molar-refractivity contribution in [3.8, 4) is 34.5 Å². The fourth-order valence-electron chi connectivity index (χ4n) is 10.4. The van der Waals surface area contributed by atoms with E-state index >= 15 is 4.79 Å². The number of benzene rings is 4. The van der Waals surface area contributed by atoms with Crippen LogP contribution in [-0.4, -0.2) is 98.6 Å². The van der Waals surface area contributed by atoms with E-state index in [2.05, 4.69) is 12.7 Å². The van der Waals surface area contributed by atoms with Crippen molar-refractivity contribution >= 4 is 18.1 Å². The van der Waals surface area contributed by atoms with Gasteiger partial charge in [0.15, 0.2) is 17.8 Å². The number of carbonyl (C=O) groups is 2. The summed E-state index contributed by atoms with van der Waals surface area (Å²) in [6.45, 7) is 7.09. The Bertz CT molecular complexity index is 2480. The van der Waals surface area contributed by atoms with Gasteiger partial charge >= 0.3 is 6.09 Å². The standard InChI is InChI=1S/C55H64N2O13/c1-4-25-67-55-51(57(33-38-17-20-49-50(28-38)66-36-65-49)54(61)64-27-26-63-35-37-13-7-6-8-14-37)32-46(56-68-5-2)44-30-39(15-9-11-23-58)43(16-10-12-24-59)52(53(44)55)45-31-42(19-22-48(45)70-55)69-41-18-21-47(62-3)40(29-41)34-60/h4,6-8,13-14,17-22,28-31,34,39,43,51-53,58-59H,1,5,9-12,15-16,23-27,32-33,35-36H2,2-3H3. The SMILES string of the molecule is C=CCOC12Oc3ccc(Oc4ccc(OC)c(C=O)c4)cc3C3C(CCCCO)C(CCCCO)C=C(C(=NOCC)CC1N(Cc1ccc4c(c1)OCO4)C(=O)OCCOCc1ccccc1)C32. The molecule has 6 atom stereocenters. The molecule has 4 aliphatic rings. The first-order valence-corrected chi connectivity index (χ1v) is 24.3. The Labute approximate surface area is 409 Å². The van der Waals surface area contributed by atoms with Crippen molar-refractivity contribution in [1.82, 2.24) is 4.90 Å². The minimum absolute atomic E-state index is 0.0137. The molecule has 1 fully saturated rings. The van der Waals surface area contributed by atoms with Crippen LogP contribution >= 0.6 is 0 Å². The molecular formula is C55H64N2O13. The van der Waals surface area contributed by atoms with Crippen LogP contribution in [-0.2, 0) is 32.2 Å². The summed E-state index contributed by atoms with van der Waals surface area (Å²) in [4.78, 5) is 34.7. The summed E-state index contributed by atoms with van der Waals surface area (Å²) in [6, 6.07) is 25.3. The molecule has 15 nitrogen and oxygen atoms in total. The first-order valence-electron chi connectivity index (χ1n) is 24.3. The topological polar surface area (TPSA) is 173 Å². The molecule has 4 aromatic carbocycles. The molecule has 0 bridgehead atoms. The highest BCUT2D eigenvalue weighted by Crippen LogP contribution is 2.62. The van der Waals surface area contributed by atoms with Crippen LogP contribution in [0, 0.1) is 17.8 Å². The van der Waals surface area contributed by atoms with Crippen molar-refractivity contribution in [1.29, 1.82) is 0 Å². The average molecular weight is 961 g/mol. The predicted octanol–water partition coefficient (Wildman–Crippen LogP) is 9.54. The van der Waals surface area contributed by atoms with Crippen molar-refractivity contribution in [3.05, 3.63) is 131 Å². The highest BCUT2D eigenvalue weighted by molar-refractivity contribution is 6.03. The summed E-state index contributed by atoms with van der Waals surface area (Å²) in [5, 5.41) is 24.9. The summed E-state index contributed by atoms with van der Waals surface area (Å²) in [7, 11) is 1.51. The minimum atomic E-state index is -1.55. The van der Waals surface area contributed by atoms with Crippen LogP contribution in [0.15, 0.2) is 114 Å². The molecule has 4 aromatic rings. The van der Waals surface area contributed by atoms with Gasteiger partial charge < -0.3 is 52.9 Å². The lowest BCUT2D eigenvalue weighted by atomic mass is 9.55. The van der Waals surface area contributed by atoms with Crippen LogP contribution in [0.2, 0.25) is 0 Å². The van der Waals surface area contributed by atoms with Crippen molar-refractivity contribution in [2.75, 3.05) is 53.5 Å². The van der Waals surface area contributed by atoms with E-state index in [4.69, 9.17) is 47.9 Å². The molecule has 6 unspecified atom stereocenters. The number of nitrogens with zero attached hydrogens (tertiary/aromatic N) is 2. The van der Waals surface area contributed by atoms with E-state index in [0.717, 1.165) is 54.2 Å². The first-order chi connectivity index (χ1) is 34.3. The van der Waals surface area contributed by atoms with Crippen molar-refractivity contribution in [2.45, 2.75) is 82.8 Å². The van der Waals surface area contributed by atoms with Crippen molar-refractivity contribution < 1.29 is 62.5 Å². The molecule has 0 radical (unpaired) electrons. The van der Waals surface area contributed by atoms with Gasteiger partial charge in [-0.25, -0.2) is 4.79 Å². The van der Waals surface area contributed by atoms with Crippen LogP contribution in [0.3, 0.4) is 0 Å². The monoisotopic (exact) mass is 960 g/mol. The van der Waals surface area contributed by atoms with Gasteiger partial charge in [0.05, 0.1) is 44.1 Å². The van der Waals surface area contributed by atoms with Gasteiger partial charge in [-0.3, -0.25) is 9.69 Å². The number of rotatable bonds is 25. The largest absolute Gasteiger partial charge is 0.496 e. The number of methoxy groups -OCH3 is 1. The number of unbranched alkanes of at least 4 members (excludes halogenated alkanes) is 2. The molecule has 2 N–H and O–H groups in total. The number of ether oxygens (including phenoxy) is 8. The highest BCUT2D eigenvalue weighted by atomic mass is 16.7. The maximum atomic E-state index is 15.0. The van der Waals surface area contributed by atoms with Gasteiger partial charge in [0, 0.05) is 37.7 Å². The predicted molar refractivity (Wildman–Crippen MR) is 261 cm³/mol. The number of amides is 1. The number of aliphatic hydroxyl groups is 2. The number of carbonyl (C=O) groups excluding carboxylic acids is 2. The smallest absolute Gasteiger partial charge is 0.410 e. The Balaban J connectivity index is 1.27. The number of aldehydes is 1. The zero-order valence-corrected chi connectivity index (χ0v) is 40.0. The van der Waals surface area contributed by atoms with E-state index < -0.39 is 23.8 Å². The van der Waals surface area contributed by atoms with E-state index in [1.807, 2.05) is 73.7 Å². The second-order valence-corrected chi connectivity index (χ2v) is 17.8. The molecule has 2 heterocycles. The van der Waals surface area contributed by atoms with Crippen LogP contribution < -0.4 is 23.7 Å². The third kappa shape index (κ3) is 11.1. The number of oxime groups is 1. The Morgan fingerprint density at radius 3 is 2.44 bits per heavy atom. The number of hydrogen-bond acceptors (Lipinski definition) is 14. The molecule has 1 saturated carbocycles. The lowest BCUT2D eigenvalue weighted by molar-refractivity contribution is -0.256. The van der Waals surface area contributed by atoms with Crippen molar-refractivity contribution in [3.63, 3.8) is 0 Å². The quantitative estimate of drug-likeness (QED) is 0.0279. The molecule has 8 rings (SSSR count). The number of fused-ring (bicyclic) bond motifs is 3. The molecule has 2 aliphatic carbocycles. The van der Waals surface area contributed by atoms with Crippen LogP contribution in [0.5, 0.6) is 34.5 Å². The van der Waals surface area contributed by atoms with Crippen LogP contribution in [0.4, 0.5) is 4.79 Å². The van der Waals surface area contributed by atoms with E-state index in [9.17, 15) is 15.0 Å². The van der Waals surface area contributed by atoms with E-state index in [-0.39, 0.29) is 70.5 Å². The molecular weight excluding hydrogens is 897 g/mol. The summed E-state index contributed by atoms with van der Waals surface area (Å²) in [5.41, 5.74) is 4.51. The van der Waals surface area contributed by atoms with Gasteiger partial charge in [0.2, 0.25) is 12.6 Å². The molecule has 1 amide bonds. The maximum absolute atomic E-state index is 15.0. The molecule has 0 aromatic heterocycles. The molecule has 372 valence electrons. The van der Waals surface area contributed by atoms with E-state index in [1.54, 1.807) is 29.2 Å². The normalized spacial score (nSPS) is 22.2. The lowest BCUT2D eigenvalue weighted by Crippen LogP contribution is -2.70. The lowest BCUT2D eigenvalue weighted by Gasteiger charge is -2.59. The number of allylic oxidation sites excluding steroid dienone is 1. The Morgan fingerprint density at radius 1 is 0.900 bits per heavy atom. The van der Waals surface area contributed by atoms with E-state index in [1.165, 1.54) is 7.11 Å². The Morgan fingerprint density at radius 2 is 1.67 bits per heavy atom. The average Bonchev–Trinajstić information content (AvgIpc) is 3.86. The third-order valence-corrected chi connectivity index (χ3v) is 13.5. The zero-order chi connectivity index (χ0) is 48.9. The maximum Gasteiger partial charge on any atom is 0.410 e. The van der Waals surface area contributed by atoms with Gasteiger partial charge in [-0.1, -0.05) is 66.5 Å². The van der Waals surface area contributed by atoms with Crippen LogP contribution in [0.25, 0.3) is 0 Å². The zero-order valence-electron chi connectivity index (χ0n) is 40.0. The minimum Gasteiger partial charge on any atom is -0.496 e. The summed E-state index contributed by atoms with van der Waals surface area (Å²) in [5.74, 6) is 0.643. The third-order valence-electron chi connectivity index (χ3n) is 13.5. The summed E-state index contributed by atoms with van der Waals surface area (Å²) >= 11 is 0. The second kappa shape index (κ2) is 24.0. The van der Waals surface area contributed by atoms with Gasteiger partial charge in [-0.15, -0.1) is 6.58 Å². The van der Waals surface area contributed by atoms with Gasteiger partial charge in [0.1, 0.15) is 42.3 Å². The first kappa shape index (κ1) is 50.0. The summed E-state index contributed by atoms with van der Waals surface area (Å²) in [6.07, 6.45) is 8.55. The van der Waals surface area contributed by atoms with Gasteiger partial charge in [-0.2, -0.15) is 0 Å². The summed E-state index contributed by atoms with van der Waals surface area (Å²) < 4.78 is 50.0. The van der Waals surface area contributed by atoms with Gasteiger partial charge in [0.25, 0.3) is 0 Å². The fourth-order valence-corrected chi connectivity index (χ4v) is 10.4. The molecule has 0 spiro atoms. The molecule has 15 heteroatoms. The Kier molecular flexibility index (Phi) is 17.1.